The maximum Gasteiger partial charge on any atom is 0.308 e. The minimum absolute atomic E-state index is 0.177. The fraction of sp³-hybridized carbons (Fsp3) is 0.500. The van der Waals surface area contributed by atoms with Gasteiger partial charge < -0.3 is 10.0 Å². The Hall–Kier alpha value is -2.44. The lowest BCUT2D eigenvalue weighted by atomic mass is 9.90. The number of rotatable bonds is 2. The van der Waals surface area contributed by atoms with E-state index in [2.05, 4.69) is 10.1 Å². The number of piperidine rings is 1. The molecule has 2 atom stereocenters. The molecule has 2 aromatic rings. The van der Waals surface area contributed by atoms with Gasteiger partial charge in [0.15, 0.2) is 5.65 Å². The van der Waals surface area contributed by atoms with Crippen LogP contribution in [-0.4, -0.2) is 49.1 Å². The number of hydrogen-bond acceptors (Lipinski definition) is 4. The van der Waals surface area contributed by atoms with Crippen molar-refractivity contribution in [2.45, 2.75) is 39.7 Å². The summed E-state index contributed by atoms with van der Waals surface area (Å²) in [5.74, 6) is -1.54. The molecule has 3 rings (SSSR count). The zero-order valence-corrected chi connectivity index (χ0v) is 13.5. The number of amides is 1. The van der Waals surface area contributed by atoms with Crippen LogP contribution in [-0.2, 0) is 4.79 Å². The topological polar surface area (TPSA) is 87.8 Å². The number of carboxylic acids is 1. The lowest BCUT2D eigenvalue weighted by molar-refractivity contribution is -0.144. The highest BCUT2D eigenvalue weighted by Gasteiger charge is 2.36. The number of carbonyl (C=O) groups excluding carboxylic acids is 1. The van der Waals surface area contributed by atoms with Gasteiger partial charge in [-0.25, -0.2) is 9.50 Å². The summed E-state index contributed by atoms with van der Waals surface area (Å²) in [6.07, 6.45) is 2.86. The highest BCUT2D eigenvalue weighted by molar-refractivity contribution is 5.95. The van der Waals surface area contributed by atoms with E-state index in [1.807, 2.05) is 19.9 Å². The number of aryl methyl sites for hydroxylation is 2. The van der Waals surface area contributed by atoms with Gasteiger partial charge in [-0.2, -0.15) is 5.10 Å². The van der Waals surface area contributed by atoms with Gasteiger partial charge in [0.25, 0.3) is 5.91 Å². The van der Waals surface area contributed by atoms with Gasteiger partial charge in [0.2, 0.25) is 0 Å². The van der Waals surface area contributed by atoms with Gasteiger partial charge in [0.05, 0.1) is 22.9 Å². The Morgan fingerprint density at radius 3 is 2.78 bits per heavy atom. The first-order valence-corrected chi connectivity index (χ1v) is 7.76. The van der Waals surface area contributed by atoms with Crippen molar-refractivity contribution in [3.05, 3.63) is 29.2 Å². The van der Waals surface area contributed by atoms with Crippen LogP contribution >= 0.6 is 0 Å². The molecule has 2 aromatic heterocycles. The molecule has 1 amide bonds. The van der Waals surface area contributed by atoms with Crippen LogP contribution in [0, 0.1) is 19.8 Å². The first-order chi connectivity index (χ1) is 10.9. The van der Waals surface area contributed by atoms with Crippen molar-refractivity contribution in [3.63, 3.8) is 0 Å². The van der Waals surface area contributed by atoms with Gasteiger partial charge in [-0.15, -0.1) is 0 Å². The summed E-state index contributed by atoms with van der Waals surface area (Å²) in [6.45, 7) is 6.08. The lowest BCUT2D eigenvalue weighted by Crippen LogP contribution is -2.49. The van der Waals surface area contributed by atoms with Crippen molar-refractivity contribution in [1.29, 1.82) is 0 Å². The molecular weight excluding hydrogens is 296 g/mol. The number of likely N-dealkylation sites (tertiary alicyclic amines) is 1. The molecule has 0 spiro atoms. The molecule has 1 aliphatic rings. The Balaban J connectivity index is 1.96. The molecule has 0 aromatic carbocycles. The molecule has 1 aliphatic heterocycles. The molecule has 0 radical (unpaired) electrons. The van der Waals surface area contributed by atoms with Crippen LogP contribution in [0.1, 0.15) is 41.5 Å². The van der Waals surface area contributed by atoms with Crippen LogP contribution < -0.4 is 0 Å². The predicted molar refractivity (Wildman–Crippen MR) is 83.3 cm³/mol. The van der Waals surface area contributed by atoms with Crippen molar-refractivity contribution in [1.82, 2.24) is 19.5 Å². The second-order valence-corrected chi connectivity index (χ2v) is 6.14. The maximum atomic E-state index is 12.9. The van der Waals surface area contributed by atoms with Gasteiger partial charge in [-0.3, -0.25) is 9.59 Å². The molecule has 1 saturated heterocycles. The van der Waals surface area contributed by atoms with E-state index in [-0.39, 0.29) is 11.9 Å². The molecule has 0 aliphatic carbocycles. The van der Waals surface area contributed by atoms with Crippen molar-refractivity contribution < 1.29 is 14.7 Å². The van der Waals surface area contributed by atoms with Crippen LogP contribution in [0.25, 0.3) is 5.65 Å². The van der Waals surface area contributed by atoms with E-state index in [9.17, 15) is 14.7 Å². The van der Waals surface area contributed by atoms with E-state index in [0.29, 0.717) is 30.6 Å². The highest BCUT2D eigenvalue weighted by atomic mass is 16.4. The number of fused-ring (bicyclic) bond motifs is 1. The average Bonchev–Trinajstić information content (AvgIpc) is 2.88. The third-order valence-corrected chi connectivity index (χ3v) is 4.64. The molecule has 1 N–H and O–H groups in total. The third kappa shape index (κ3) is 2.56. The minimum atomic E-state index is -0.844. The Morgan fingerprint density at radius 1 is 1.35 bits per heavy atom. The van der Waals surface area contributed by atoms with Crippen LogP contribution in [0.3, 0.4) is 0 Å². The maximum absolute atomic E-state index is 12.9. The van der Waals surface area contributed by atoms with E-state index in [4.69, 9.17) is 0 Å². The highest BCUT2D eigenvalue weighted by Crippen LogP contribution is 2.26. The minimum Gasteiger partial charge on any atom is -0.481 e. The van der Waals surface area contributed by atoms with Crippen molar-refractivity contribution in [2.24, 2.45) is 5.92 Å². The second kappa shape index (κ2) is 5.64. The Morgan fingerprint density at radius 2 is 2.09 bits per heavy atom. The van der Waals surface area contributed by atoms with Gasteiger partial charge in [-0.1, -0.05) is 0 Å². The fourth-order valence-electron chi connectivity index (χ4n) is 3.29. The second-order valence-electron chi connectivity index (χ2n) is 6.14. The van der Waals surface area contributed by atoms with Gasteiger partial charge >= 0.3 is 5.97 Å². The molecule has 7 nitrogen and oxygen atoms in total. The molecular formula is C16H20N4O3. The molecule has 3 heterocycles. The van der Waals surface area contributed by atoms with E-state index in [1.54, 1.807) is 22.5 Å². The normalized spacial score (nSPS) is 21.6. The Bertz CT molecular complexity index is 783. The fourth-order valence-corrected chi connectivity index (χ4v) is 3.29. The predicted octanol–water partition coefficient (Wildman–Crippen LogP) is 1.67. The Labute approximate surface area is 133 Å². The van der Waals surface area contributed by atoms with Crippen molar-refractivity contribution >= 4 is 17.5 Å². The number of hydrogen-bond donors (Lipinski definition) is 1. The monoisotopic (exact) mass is 316 g/mol. The van der Waals surface area contributed by atoms with E-state index in [0.717, 1.165) is 11.4 Å². The molecule has 1 fully saturated rings. The summed E-state index contributed by atoms with van der Waals surface area (Å²) in [6, 6.07) is 1.52. The van der Waals surface area contributed by atoms with E-state index < -0.39 is 11.9 Å². The molecule has 122 valence electrons. The summed E-state index contributed by atoms with van der Waals surface area (Å²) in [7, 11) is 0. The first-order valence-electron chi connectivity index (χ1n) is 7.76. The van der Waals surface area contributed by atoms with Crippen LogP contribution in [0.15, 0.2) is 12.3 Å². The number of carboxylic acid groups (broad SMARTS) is 1. The van der Waals surface area contributed by atoms with Crippen LogP contribution in [0.4, 0.5) is 0 Å². The summed E-state index contributed by atoms with van der Waals surface area (Å²) < 4.78 is 1.66. The standard InChI is InChI=1S/C16H20N4O3/c1-9-7-14-17-8-13(11(3)20(14)18-9)15(21)19-6-4-5-12(10(19)2)16(22)23/h7-8,10,12H,4-6H2,1-3H3,(H,22,23)/t10-,12-/m1/s1. The number of nitrogens with zero attached hydrogens (tertiary/aromatic N) is 4. The van der Waals surface area contributed by atoms with Gasteiger partial charge in [0.1, 0.15) is 0 Å². The van der Waals surface area contributed by atoms with Crippen LogP contribution in [0.5, 0.6) is 0 Å². The summed E-state index contributed by atoms with van der Waals surface area (Å²) in [4.78, 5) is 30.2. The quantitative estimate of drug-likeness (QED) is 0.910. The molecule has 0 bridgehead atoms. The van der Waals surface area contributed by atoms with Crippen molar-refractivity contribution in [2.75, 3.05) is 6.54 Å². The third-order valence-electron chi connectivity index (χ3n) is 4.64. The number of carbonyl (C=O) groups is 2. The molecule has 0 unspecified atom stereocenters. The first kappa shape index (κ1) is 15.5. The smallest absolute Gasteiger partial charge is 0.308 e. The van der Waals surface area contributed by atoms with Gasteiger partial charge in [0, 0.05) is 24.8 Å². The SMILES string of the molecule is Cc1cc2ncc(C(=O)N3CCC[C@@H](C(=O)O)[C@H]3C)c(C)n2n1. The van der Waals surface area contributed by atoms with E-state index >= 15 is 0 Å². The Kier molecular flexibility index (Phi) is 3.79. The molecule has 0 saturated carbocycles. The zero-order chi connectivity index (χ0) is 16.7. The van der Waals surface area contributed by atoms with Crippen LogP contribution in [0.2, 0.25) is 0 Å². The lowest BCUT2D eigenvalue weighted by Gasteiger charge is -2.37. The summed E-state index contributed by atoms with van der Waals surface area (Å²) in [5, 5.41) is 13.7. The average molecular weight is 316 g/mol. The summed E-state index contributed by atoms with van der Waals surface area (Å²) >= 11 is 0. The number of aliphatic carboxylic acids is 1. The number of aromatic nitrogens is 3. The van der Waals surface area contributed by atoms with Gasteiger partial charge in [-0.05, 0) is 33.6 Å². The zero-order valence-electron chi connectivity index (χ0n) is 13.5. The van der Waals surface area contributed by atoms with E-state index in [1.165, 1.54) is 0 Å². The summed E-state index contributed by atoms with van der Waals surface area (Å²) in [5.41, 5.74) is 2.73. The van der Waals surface area contributed by atoms with Crippen molar-refractivity contribution in [3.8, 4) is 0 Å². The largest absolute Gasteiger partial charge is 0.481 e. The molecule has 23 heavy (non-hydrogen) atoms. The molecule has 7 heteroatoms.